The zero-order valence-electron chi connectivity index (χ0n) is 16.9. The highest BCUT2D eigenvalue weighted by Crippen LogP contribution is 2.33. The Balaban J connectivity index is 2.07. The Morgan fingerprint density at radius 1 is 1.24 bits per heavy atom. The highest BCUT2D eigenvalue weighted by molar-refractivity contribution is 6.02. The lowest BCUT2D eigenvalue weighted by Crippen LogP contribution is -2.33. The molecule has 0 radical (unpaired) electrons. The van der Waals surface area contributed by atoms with Gasteiger partial charge in [-0.25, -0.2) is 9.55 Å². The molecule has 0 bridgehead atoms. The van der Waals surface area contributed by atoms with E-state index in [1.165, 1.54) is 15.3 Å². The van der Waals surface area contributed by atoms with Crippen LogP contribution in [0.15, 0.2) is 36.8 Å². The molecule has 0 saturated heterocycles. The summed E-state index contributed by atoms with van der Waals surface area (Å²) in [4.78, 5) is 8.43. The first-order chi connectivity index (χ1) is 12.7. The van der Waals surface area contributed by atoms with E-state index >= 15 is 0 Å². The maximum atomic E-state index is 8.11. The number of imidazole rings is 1. The van der Waals surface area contributed by atoms with E-state index in [2.05, 4.69) is 9.97 Å². The topological polar surface area (TPSA) is 39.5 Å². The predicted molar refractivity (Wildman–Crippen MR) is 79.7 cm³/mol. The molecule has 5 nitrogen and oxygen atoms in total. The van der Waals surface area contributed by atoms with Crippen molar-refractivity contribution in [3.8, 4) is 11.4 Å². The number of hydrogen-bond donors (Lipinski definition) is 0. The number of rotatable bonds is 0. The fraction of sp³-hybridized carbons (Fsp3) is 0.188. The Bertz CT molecular complexity index is 1230. The molecule has 5 rings (SSSR count). The number of hydrogen-bond acceptors (Lipinski definition) is 2. The molecular weight excluding hydrogens is 262 g/mol. The Hall–Kier alpha value is -2.69. The Kier molecular flexibility index (Phi) is 1.14. The third kappa shape index (κ3) is 1.15. The summed E-state index contributed by atoms with van der Waals surface area (Å²) in [6.07, 6.45) is 4.82. The summed E-state index contributed by atoms with van der Waals surface area (Å²) in [5.74, 6) is 0.447. The molecule has 0 N–H and O–H groups in total. The van der Waals surface area contributed by atoms with Gasteiger partial charge in [-0.15, -0.1) is 0 Å². The quantitative estimate of drug-likeness (QED) is 0.406. The van der Waals surface area contributed by atoms with Crippen LogP contribution >= 0.6 is 0 Å². The van der Waals surface area contributed by atoms with Crippen molar-refractivity contribution in [3.63, 3.8) is 0 Å². The first-order valence-corrected chi connectivity index (χ1v) is 6.57. The second-order valence-electron chi connectivity index (χ2n) is 5.16. The van der Waals surface area contributed by atoms with Gasteiger partial charge in [-0.05, 0) is 18.2 Å². The maximum Gasteiger partial charge on any atom is 0.271 e. The molecule has 0 amide bonds. The molecule has 0 aromatic carbocycles. The lowest BCUT2D eigenvalue weighted by Gasteiger charge is -1.97. The van der Waals surface area contributed by atoms with Gasteiger partial charge in [0, 0.05) is 24.2 Å². The second kappa shape index (κ2) is 3.49. The summed E-state index contributed by atoms with van der Waals surface area (Å²) in [6.45, 7) is -4.64. The van der Waals surface area contributed by atoms with Crippen molar-refractivity contribution in [3.05, 3.63) is 42.4 Å². The molecule has 5 heteroatoms. The zero-order valence-corrected chi connectivity index (χ0v) is 10.9. The molecule has 0 unspecified atom stereocenters. The van der Waals surface area contributed by atoms with Crippen LogP contribution < -0.4 is 4.57 Å². The molecule has 0 fully saturated rings. The van der Waals surface area contributed by atoms with Gasteiger partial charge in [-0.1, -0.05) is 0 Å². The van der Waals surface area contributed by atoms with Gasteiger partial charge in [0.05, 0.1) is 34.3 Å². The lowest BCUT2D eigenvalue weighted by atomic mass is 10.2. The summed E-state index contributed by atoms with van der Waals surface area (Å²) in [6, 6.07) is 5.05. The zero-order chi connectivity index (χ0) is 19.1. The molecule has 4 aromatic rings. The summed E-state index contributed by atoms with van der Waals surface area (Å²) in [5, 5.41) is 0. The average molecular weight is 282 g/mol. The molecule has 5 heterocycles. The van der Waals surface area contributed by atoms with Crippen LogP contribution in [-0.4, -0.2) is 19.1 Å². The molecule has 102 valence electrons. The average Bonchev–Trinajstić information content (AvgIpc) is 3.19. The van der Waals surface area contributed by atoms with E-state index in [0.29, 0.717) is 34.6 Å². The highest BCUT2D eigenvalue weighted by atomic mass is 15.2. The second-order valence-corrected chi connectivity index (χ2v) is 5.16. The minimum atomic E-state index is -2.50. The van der Waals surface area contributed by atoms with Crippen LogP contribution in [0.2, 0.25) is 0 Å². The van der Waals surface area contributed by atoms with Crippen LogP contribution in [0.3, 0.4) is 0 Å². The molecule has 0 aliphatic carbocycles. The number of nitrogens with zero attached hydrogens (tertiary/aromatic N) is 5. The van der Waals surface area contributed by atoms with E-state index in [0.717, 1.165) is 11.1 Å². The van der Waals surface area contributed by atoms with Gasteiger partial charge in [0.25, 0.3) is 5.65 Å². The van der Waals surface area contributed by atoms with Crippen molar-refractivity contribution in [2.75, 3.05) is 0 Å². The lowest BCUT2D eigenvalue weighted by molar-refractivity contribution is -0.648. The third-order valence-corrected chi connectivity index (χ3v) is 4.09. The van der Waals surface area contributed by atoms with Crippen molar-refractivity contribution in [1.29, 1.82) is 0 Å². The van der Waals surface area contributed by atoms with Crippen LogP contribution in [0.4, 0.5) is 0 Å². The number of aromatic nitrogens is 5. The third-order valence-electron chi connectivity index (χ3n) is 4.09. The van der Waals surface area contributed by atoms with E-state index in [1.54, 1.807) is 35.2 Å². The molecule has 1 aliphatic heterocycles. The highest BCUT2D eigenvalue weighted by Gasteiger charge is 2.34. The minimum Gasteiger partial charge on any atom is -0.264 e. The maximum absolute atomic E-state index is 8.11. The van der Waals surface area contributed by atoms with Crippen LogP contribution in [-0.2, 0) is 20.5 Å². The number of aryl methyl sites for hydroxylation is 2. The van der Waals surface area contributed by atoms with E-state index in [9.17, 15) is 0 Å². The van der Waals surface area contributed by atoms with Crippen molar-refractivity contribution in [2.24, 2.45) is 14.0 Å². The standard InChI is InChI=1S/C16H14N5/c1-19-12-4-3-6-18-13(12)14-16(19)21-9-10-8-17-7-5-11(10)15(21)20(14)2/h3-8H,9H2,1-2H3/q+1/i1D3,2D3. The Morgan fingerprint density at radius 2 is 2.19 bits per heavy atom. The molecular formula is C16H14N5+. The van der Waals surface area contributed by atoms with Gasteiger partial charge >= 0.3 is 0 Å². The summed E-state index contributed by atoms with van der Waals surface area (Å²) < 4.78 is 52.6. The monoisotopic (exact) mass is 282 g/mol. The van der Waals surface area contributed by atoms with E-state index in [4.69, 9.17) is 8.22 Å². The summed E-state index contributed by atoms with van der Waals surface area (Å²) >= 11 is 0. The number of pyridine rings is 2. The number of fused-ring (bicyclic) bond motifs is 7. The Labute approximate surface area is 129 Å². The molecule has 21 heavy (non-hydrogen) atoms. The van der Waals surface area contributed by atoms with Crippen molar-refractivity contribution < 1.29 is 12.8 Å². The molecule has 0 spiro atoms. The van der Waals surface area contributed by atoms with Gasteiger partial charge in [-0.2, -0.15) is 0 Å². The SMILES string of the molecule is [2H]C([2H])([2H])n1c2[n+](c3c1c1ncccc1n3C([2H])([2H])[2H])Cc1cnccc1-2. The minimum absolute atomic E-state index is 0.305. The molecule has 0 saturated carbocycles. The Morgan fingerprint density at radius 3 is 3.10 bits per heavy atom. The first kappa shape index (κ1) is 6.85. The van der Waals surface area contributed by atoms with Crippen LogP contribution in [0.1, 0.15) is 13.8 Å². The summed E-state index contributed by atoms with van der Waals surface area (Å²) in [5.41, 5.74) is 2.95. The normalized spacial score (nSPS) is 18.5. The van der Waals surface area contributed by atoms with Crippen molar-refractivity contribution in [1.82, 2.24) is 19.1 Å². The summed E-state index contributed by atoms with van der Waals surface area (Å²) in [7, 11) is 0. The van der Waals surface area contributed by atoms with Crippen molar-refractivity contribution in [2.45, 2.75) is 6.54 Å². The van der Waals surface area contributed by atoms with Gasteiger partial charge in [-0.3, -0.25) is 14.1 Å². The largest absolute Gasteiger partial charge is 0.271 e. The van der Waals surface area contributed by atoms with Crippen LogP contribution in [0.5, 0.6) is 0 Å². The van der Waals surface area contributed by atoms with Crippen LogP contribution in [0, 0.1) is 0 Å². The molecule has 0 atom stereocenters. The molecule has 4 aromatic heterocycles. The predicted octanol–water partition coefficient (Wildman–Crippen LogP) is 1.78. The smallest absolute Gasteiger partial charge is 0.264 e. The van der Waals surface area contributed by atoms with E-state index in [1.807, 2.05) is 0 Å². The van der Waals surface area contributed by atoms with E-state index in [-0.39, 0.29) is 0 Å². The fourth-order valence-corrected chi connectivity index (χ4v) is 3.22. The van der Waals surface area contributed by atoms with Gasteiger partial charge in [0.15, 0.2) is 0 Å². The van der Waals surface area contributed by atoms with E-state index < -0.39 is 14.0 Å². The van der Waals surface area contributed by atoms with Gasteiger partial charge < -0.3 is 0 Å². The van der Waals surface area contributed by atoms with Crippen molar-refractivity contribution >= 4 is 22.2 Å². The molecule has 1 aliphatic rings. The first-order valence-electron chi connectivity index (χ1n) is 9.57. The van der Waals surface area contributed by atoms with Gasteiger partial charge in [0.1, 0.15) is 11.0 Å². The van der Waals surface area contributed by atoms with Crippen LogP contribution in [0.25, 0.3) is 33.6 Å². The fourth-order valence-electron chi connectivity index (χ4n) is 3.22. The van der Waals surface area contributed by atoms with Gasteiger partial charge in [0.2, 0.25) is 11.3 Å².